The first kappa shape index (κ1) is 24.9. The topological polar surface area (TPSA) is 115 Å². The highest BCUT2D eigenvalue weighted by molar-refractivity contribution is 5.94. The van der Waals surface area contributed by atoms with Crippen LogP contribution < -0.4 is 5.32 Å². The number of rotatable bonds is 5. The number of aliphatic hydroxyl groups excluding tert-OH is 1. The Labute approximate surface area is 198 Å². The molecule has 3 heterocycles. The minimum absolute atomic E-state index is 0.133. The Balaban J connectivity index is 0.00000103. The Morgan fingerprint density at radius 2 is 1.79 bits per heavy atom. The summed E-state index contributed by atoms with van der Waals surface area (Å²) in [6.45, 7) is 0.531. The van der Waals surface area contributed by atoms with Crippen molar-refractivity contribution in [1.29, 1.82) is 0 Å². The third kappa shape index (κ3) is 5.27. The smallest absolute Gasteiger partial charge is 0.290 e. The molecule has 34 heavy (non-hydrogen) atoms. The van der Waals surface area contributed by atoms with Crippen molar-refractivity contribution >= 4 is 23.8 Å². The molecule has 0 unspecified atom stereocenters. The van der Waals surface area contributed by atoms with E-state index in [1.165, 1.54) is 0 Å². The van der Waals surface area contributed by atoms with E-state index in [4.69, 9.17) is 9.90 Å². The van der Waals surface area contributed by atoms with Gasteiger partial charge in [-0.2, -0.15) is 0 Å². The number of nitrogens with zero attached hydrogens (tertiary/aromatic N) is 3. The lowest BCUT2D eigenvalue weighted by Crippen LogP contribution is -2.63. The van der Waals surface area contributed by atoms with Gasteiger partial charge in [0.1, 0.15) is 5.69 Å². The van der Waals surface area contributed by atoms with Crippen LogP contribution in [0.2, 0.25) is 0 Å². The molecule has 180 valence electrons. The Morgan fingerprint density at radius 1 is 1.12 bits per heavy atom. The number of carboxylic acid groups (broad SMARTS) is 1. The van der Waals surface area contributed by atoms with E-state index < -0.39 is 11.6 Å². The highest BCUT2D eigenvalue weighted by Crippen LogP contribution is 2.34. The van der Waals surface area contributed by atoms with Crippen LogP contribution >= 0.6 is 0 Å². The van der Waals surface area contributed by atoms with E-state index in [1.807, 2.05) is 85.4 Å². The van der Waals surface area contributed by atoms with Crippen LogP contribution in [0.5, 0.6) is 0 Å². The van der Waals surface area contributed by atoms with Crippen LogP contribution in [0.1, 0.15) is 22.5 Å². The summed E-state index contributed by atoms with van der Waals surface area (Å²) in [5, 5.41) is 21.2. The normalized spacial score (nSPS) is 19.9. The molecular formula is C25H30N4O5. The molecule has 1 aliphatic rings. The number of pyridine rings is 1. The van der Waals surface area contributed by atoms with Crippen LogP contribution in [-0.4, -0.2) is 82.5 Å². The van der Waals surface area contributed by atoms with Crippen LogP contribution in [0.3, 0.4) is 0 Å². The summed E-state index contributed by atoms with van der Waals surface area (Å²) >= 11 is 0. The number of amides is 2. The van der Waals surface area contributed by atoms with E-state index in [1.54, 1.807) is 9.80 Å². The van der Waals surface area contributed by atoms with Crippen molar-refractivity contribution in [1.82, 2.24) is 19.5 Å². The van der Waals surface area contributed by atoms with Crippen LogP contribution in [0.4, 0.5) is 0 Å². The number of carbonyl (C=O) groups excluding carboxylic acids is 2. The number of hydrogen-bond donors (Lipinski definition) is 3. The van der Waals surface area contributed by atoms with Crippen molar-refractivity contribution in [3.63, 3.8) is 0 Å². The van der Waals surface area contributed by atoms with Crippen LogP contribution in [0.25, 0.3) is 5.52 Å². The average Bonchev–Trinajstić information content (AvgIpc) is 3.25. The lowest BCUT2D eigenvalue weighted by Gasteiger charge is -2.46. The fourth-order valence-corrected chi connectivity index (χ4v) is 4.38. The second kappa shape index (κ2) is 11.0. The van der Waals surface area contributed by atoms with Gasteiger partial charge in [-0.3, -0.25) is 14.4 Å². The average molecular weight is 467 g/mol. The maximum atomic E-state index is 13.2. The minimum Gasteiger partial charge on any atom is -0.483 e. The number of fused-ring (bicyclic) bond motifs is 1. The lowest BCUT2D eigenvalue weighted by atomic mass is 9.78. The molecule has 3 aromatic rings. The fourth-order valence-electron chi connectivity index (χ4n) is 4.38. The van der Waals surface area contributed by atoms with Crippen molar-refractivity contribution < 1.29 is 24.6 Å². The third-order valence-corrected chi connectivity index (χ3v) is 5.92. The number of benzene rings is 1. The van der Waals surface area contributed by atoms with Gasteiger partial charge in [0.05, 0.1) is 18.2 Å². The molecule has 0 saturated carbocycles. The fraction of sp³-hybridized carbons (Fsp3) is 0.320. The summed E-state index contributed by atoms with van der Waals surface area (Å²) in [6.07, 6.45) is 1.34. The van der Waals surface area contributed by atoms with Crippen molar-refractivity contribution in [3.05, 3.63) is 78.1 Å². The summed E-state index contributed by atoms with van der Waals surface area (Å²) in [4.78, 5) is 37.7. The number of aliphatic hydroxyl groups is 1. The van der Waals surface area contributed by atoms with E-state index in [0.717, 1.165) is 11.1 Å². The van der Waals surface area contributed by atoms with Gasteiger partial charge in [-0.15, -0.1) is 0 Å². The predicted molar refractivity (Wildman–Crippen MR) is 127 cm³/mol. The van der Waals surface area contributed by atoms with Crippen LogP contribution in [-0.2, 0) is 15.1 Å². The van der Waals surface area contributed by atoms with Crippen molar-refractivity contribution in [2.45, 2.75) is 18.1 Å². The van der Waals surface area contributed by atoms with Gasteiger partial charge in [0.25, 0.3) is 12.4 Å². The molecule has 2 atom stereocenters. The number of nitrogens with one attached hydrogen (secondary N) is 1. The zero-order valence-electron chi connectivity index (χ0n) is 19.3. The molecule has 1 aromatic carbocycles. The molecule has 4 rings (SSSR count). The van der Waals surface area contributed by atoms with Gasteiger partial charge < -0.3 is 29.7 Å². The van der Waals surface area contributed by atoms with E-state index in [2.05, 4.69) is 5.32 Å². The number of carbonyl (C=O) groups is 3. The van der Waals surface area contributed by atoms with Gasteiger partial charge in [0.2, 0.25) is 5.91 Å². The van der Waals surface area contributed by atoms with Crippen molar-refractivity contribution in [3.8, 4) is 0 Å². The minimum atomic E-state index is -0.940. The van der Waals surface area contributed by atoms with Crippen molar-refractivity contribution in [2.75, 3.05) is 33.7 Å². The molecule has 9 heteroatoms. The maximum Gasteiger partial charge on any atom is 0.290 e. The highest BCUT2D eigenvalue weighted by Gasteiger charge is 2.46. The summed E-state index contributed by atoms with van der Waals surface area (Å²) in [5.41, 5.74) is 1.41. The summed E-state index contributed by atoms with van der Waals surface area (Å²) < 4.78 is 1.85. The number of aromatic nitrogens is 1. The van der Waals surface area contributed by atoms with Crippen LogP contribution in [0, 0.1) is 0 Å². The molecule has 2 amide bonds. The number of hydrogen-bond acceptors (Lipinski definition) is 5. The zero-order valence-corrected chi connectivity index (χ0v) is 19.3. The van der Waals surface area contributed by atoms with Gasteiger partial charge in [0.15, 0.2) is 0 Å². The van der Waals surface area contributed by atoms with E-state index >= 15 is 0 Å². The zero-order chi connectivity index (χ0) is 24.7. The maximum absolute atomic E-state index is 13.2. The largest absolute Gasteiger partial charge is 0.483 e. The molecule has 0 aliphatic carbocycles. The quantitative estimate of drug-likeness (QED) is 0.490. The molecule has 1 saturated heterocycles. The second-order valence-corrected chi connectivity index (χ2v) is 8.46. The molecule has 0 spiro atoms. The van der Waals surface area contributed by atoms with Gasteiger partial charge >= 0.3 is 0 Å². The summed E-state index contributed by atoms with van der Waals surface area (Å²) in [5.74, 6) is -0.295. The van der Waals surface area contributed by atoms with Gasteiger partial charge in [0, 0.05) is 24.8 Å². The second-order valence-electron chi connectivity index (χ2n) is 8.46. The number of likely N-dealkylation sites (tertiary alicyclic amines) is 1. The third-order valence-electron chi connectivity index (χ3n) is 5.92. The number of likely N-dealkylation sites (N-methyl/N-ethyl adjacent to an activating group) is 1. The predicted octanol–water partition coefficient (Wildman–Crippen LogP) is 1.42. The van der Waals surface area contributed by atoms with Gasteiger partial charge in [-0.1, -0.05) is 36.4 Å². The lowest BCUT2D eigenvalue weighted by molar-refractivity contribution is -0.127. The highest BCUT2D eigenvalue weighted by atomic mass is 16.3. The molecular weight excluding hydrogens is 436 g/mol. The molecule has 0 bridgehead atoms. The Hall–Kier alpha value is -3.69. The molecule has 3 N–H and O–H groups in total. The monoisotopic (exact) mass is 466 g/mol. The van der Waals surface area contributed by atoms with E-state index in [-0.39, 0.29) is 31.4 Å². The molecule has 1 fully saturated rings. The summed E-state index contributed by atoms with van der Waals surface area (Å²) in [6, 6.07) is 19.0. The molecule has 0 radical (unpaired) electrons. The van der Waals surface area contributed by atoms with Crippen LogP contribution in [0.15, 0.2) is 66.9 Å². The Morgan fingerprint density at radius 3 is 2.44 bits per heavy atom. The van der Waals surface area contributed by atoms with Gasteiger partial charge in [-0.05, 0) is 50.3 Å². The molecule has 1 aliphatic heterocycles. The SMILES string of the molecule is CN(C)CC(=O)N[C@]1(c2ccccc2)CCN(C(=O)c2ccc3ccccn23)C[C@H]1O.O=CO. The number of β-amino-alcohol motifs (C(OH)–C–C–N with tert-alkyl or cyclic N) is 1. The Kier molecular flexibility index (Phi) is 8.04. The first-order chi connectivity index (χ1) is 16.3. The first-order valence-electron chi connectivity index (χ1n) is 10.9. The van der Waals surface area contributed by atoms with E-state index in [9.17, 15) is 14.7 Å². The summed E-state index contributed by atoms with van der Waals surface area (Å²) in [7, 11) is 3.66. The first-order valence-corrected chi connectivity index (χ1v) is 10.9. The molecule has 9 nitrogen and oxygen atoms in total. The molecule has 2 aromatic heterocycles. The van der Waals surface area contributed by atoms with E-state index in [0.29, 0.717) is 18.7 Å². The number of piperidine rings is 1. The standard InChI is InChI=1S/C24H28N4O3.CH2O2/c1-26(2)17-22(30)25-24(18-8-4-3-5-9-18)13-15-27(16-21(24)29)23(31)20-12-11-19-10-6-7-14-28(19)20;2-1-3/h3-12,14,21,29H,13,15-17H2,1-2H3,(H,25,30);1H,(H,2,3)/t21-,24+;/m1./s1. The van der Waals surface area contributed by atoms with Crippen molar-refractivity contribution in [2.24, 2.45) is 0 Å². The Bertz CT molecular complexity index is 1130. The van der Waals surface area contributed by atoms with Gasteiger partial charge in [-0.25, -0.2) is 0 Å².